The Kier molecular flexibility index (Phi) is 14.6. The highest BCUT2D eigenvalue weighted by Crippen LogP contribution is 2.38. The Hall–Kier alpha value is -11.6. The molecule has 464 valence electrons. The average molecular weight is 1240 g/mol. The maximum absolute atomic E-state index is 14.8. The van der Waals surface area contributed by atoms with Crippen molar-refractivity contribution in [1.29, 1.82) is 0 Å². The van der Waals surface area contributed by atoms with Crippen LogP contribution in [0.3, 0.4) is 0 Å². The molecule has 3 aliphatic heterocycles. The highest BCUT2D eigenvalue weighted by atomic mass is 16.2. The van der Waals surface area contributed by atoms with Crippen LogP contribution in [0.25, 0.3) is 83.1 Å². The highest BCUT2D eigenvalue weighted by molar-refractivity contribution is 6.04. The monoisotopic (exact) mass is 1240 g/mol. The molecule has 3 aliphatic rings. The van der Waals surface area contributed by atoms with Gasteiger partial charge < -0.3 is 34.0 Å². The average Bonchev–Trinajstić information content (AvgIpc) is 1.35. The molecule has 0 N–H and O–H groups in total. The minimum absolute atomic E-state index is 0.00384. The predicted octanol–water partition coefficient (Wildman–Crippen LogP) is 11.8. The number of anilines is 3. The SMILES string of the molecule is C[C@@H]1CN(C(=O)c2cccc(-c3cccc4c3ccn4-c3nnc(N4CCN(C(=O)c5ccccc5-c5ccn(-c6nnc(N7CCN(C(=O)c8ccccc8)C[C@H]7C)c7ccccc67)n5)C[C@H]4C)c4ccccc34)c2)CCN1c1nnc(-n2cccc2)c2ccccc12. The molecule has 0 spiro atoms. The van der Waals surface area contributed by atoms with E-state index >= 15 is 0 Å². The molecule has 0 unspecified atom stereocenters. The summed E-state index contributed by atoms with van der Waals surface area (Å²) in [6, 6.07) is 63.8. The number of amides is 3. The summed E-state index contributed by atoms with van der Waals surface area (Å²) in [6.45, 7) is 11.3. The number of hydrogen-bond acceptors (Lipinski definition) is 13. The number of benzene rings is 7. The van der Waals surface area contributed by atoms with Gasteiger partial charge in [0.15, 0.2) is 34.9 Å². The molecule has 3 atom stereocenters. The molecule has 0 aliphatic carbocycles. The van der Waals surface area contributed by atoms with Gasteiger partial charge in [-0.3, -0.25) is 19.0 Å². The van der Waals surface area contributed by atoms with E-state index in [4.69, 9.17) is 30.6 Å². The van der Waals surface area contributed by atoms with Crippen LogP contribution in [-0.2, 0) is 0 Å². The first-order valence-corrected chi connectivity index (χ1v) is 32.1. The van der Waals surface area contributed by atoms with Crippen LogP contribution >= 0.6 is 0 Å². The van der Waals surface area contributed by atoms with E-state index in [9.17, 15) is 14.4 Å². The van der Waals surface area contributed by atoms with Gasteiger partial charge in [-0.1, -0.05) is 133 Å². The number of aromatic nitrogens is 10. The molecular weight excluding hydrogens is 1170 g/mol. The number of piperazine rings is 3. The van der Waals surface area contributed by atoms with Gasteiger partial charge in [-0.05, 0) is 92.6 Å². The third-order valence-electron chi connectivity index (χ3n) is 19.0. The molecule has 9 heterocycles. The Balaban J connectivity index is 0.602. The van der Waals surface area contributed by atoms with E-state index < -0.39 is 0 Å². The van der Waals surface area contributed by atoms with Crippen LogP contribution in [0.15, 0.2) is 219 Å². The van der Waals surface area contributed by atoms with Crippen LogP contribution in [0.2, 0.25) is 0 Å². The van der Waals surface area contributed by atoms with Gasteiger partial charge in [0.25, 0.3) is 17.7 Å². The lowest BCUT2D eigenvalue weighted by Crippen LogP contribution is -2.54. The van der Waals surface area contributed by atoms with Gasteiger partial charge in [0.2, 0.25) is 0 Å². The summed E-state index contributed by atoms with van der Waals surface area (Å²) in [4.78, 5) is 55.2. The van der Waals surface area contributed by atoms with Gasteiger partial charge >= 0.3 is 0 Å². The quantitative estimate of drug-likeness (QED) is 0.120. The van der Waals surface area contributed by atoms with Crippen molar-refractivity contribution in [2.75, 3.05) is 73.6 Å². The Morgan fingerprint density at radius 3 is 1.41 bits per heavy atom. The fraction of sp³-hybridized carbons (Fsp3) is 0.200. The number of rotatable bonds is 11. The van der Waals surface area contributed by atoms with Crippen LogP contribution in [0.4, 0.5) is 17.5 Å². The van der Waals surface area contributed by atoms with Crippen LogP contribution < -0.4 is 14.7 Å². The topological polar surface area (TPSA) is 176 Å². The van der Waals surface area contributed by atoms with E-state index in [2.05, 4.69) is 106 Å². The van der Waals surface area contributed by atoms with Crippen molar-refractivity contribution in [3.8, 4) is 39.8 Å². The van der Waals surface area contributed by atoms with Crippen molar-refractivity contribution in [2.24, 2.45) is 0 Å². The molecule has 7 aromatic carbocycles. The highest BCUT2D eigenvalue weighted by Gasteiger charge is 2.34. The van der Waals surface area contributed by atoms with E-state index in [1.807, 2.05) is 178 Å². The van der Waals surface area contributed by atoms with Crippen molar-refractivity contribution in [3.05, 3.63) is 236 Å². The molecular formula is C75H66N16O3. The van der Waals surface area contributed by atoms with Gasteiger partial charge in [-0.25, -0.2) is 4.68 Å². The predicted molar refractivity (Wildman–Crippen MR) is 367 cm³/mol. The van der Waals surface area contributed by atoms with Crippen molar-refractivity contribution in [2.45, 2.75) is 38.9 Å². The van der Waals surface area contributed by atoms with Crippen LogP contribution in [-0.4, -0.2) is 159 Å². The molecule has 0 radical (unpaired) electrons. The summed E-state index contributed by atoms with van der Waals surface area (Å²) in [7, 11) is 0. The van der Waals surface area contributed by atoms with Gasteiger partial charge in [0.1, 0.15) is 0 Å². The van der Waals surface area contributed by atoms with Gasteiger partial charge in [-0.15, -0.1) is 30.6 Å². The lowest BCUT2D eigenvalue weighted by atomic mass is 9.99. The van der Waals surface area contributed by atoms with Gasteiger partial charge in [0.05, 0.1) is 11.2 Å². The lowest BCUT2D eigenvalue weighted by Gasteiger charge is -2.41. The zero-order chi connectivity index (χ0) is 63.6. The van der Waals surface area contributed by atoms with E-state index in [0.717, 1.165) is 83.2 Å². The second-order valence-electron chi connectivity index (χ2n) is 24.7. The van der Waals surface area contributed by atoms with Crippen LogP contribution in [0, 0.1) is 0 Å². The van der Waals surface area contributed by atoms with Crippen LogP contribution in [0.5, 0.6) is 0 Å². The first-order chi connectivity index (χ1) is 46.1. The van der Waals surface area contributed by atoms with Gasteiger partial charge in [0, 0.05) is 162 Å². The lowest BCUT2D eigenvalue weighted by molar-refractivity contribution is 0.0719. The number of hydrogen-bond donors (Lipinski definition) is 0. The molecule has 3 saturated heterocycles. The fourth-order valence-corrected chi connectivity index (χ4v) is 14.3. The molecule has 3 amide bonds. The zero-order valence-electron chi connectivity index (χ0n) is 52.3. The normalized spacial score (nSPS) is 17.0. The maximum Gasteiger partial charge on any atom is 0.254 e. The fourth-order valence-electron chi connectivity index (χ4n) is 14.3. The summed E-state index contributed by atoms with van der Waals surface area (Å²) < 4.78 is 5.83. The van der Waals surface area contributed by atoms with Crippen LogP contribution in [0.1, 0.15) is 51.8 Å². The molecule has 6 aromatic heterocycles. The maximum atomic E-state index is 14.8. The molecule has 16 rings (SSSR count). The zero-order valence-corrected chi connectivity index (χ0v) is 52.3. The number of carbonyl (C=O) groups excluding carboxylic acids is 3. The van der Waals surface area contributed by atoms with E-state index in [1.165, 1.54) is 0 Å². The Morgan fingerprint density at radius 2 is 0.819 bits per heavy atom. The minimum atomic E-state index is -0.0915. The standard InChI is InChI=1S/C75H66N16O3/c1-49-46-84(73(92)52-19-5-4-6-20-52)39-42-88(49)70-62-28-12-13-29-63(62)72(81-79-70)91-38-34-65(82-91)56-23-7-14-30-64(56)75(94)86-41-44-89(51(3)48-86)69-60-26-10-11-27-61(60)71(80-78-69)90-37-33-57-55(31-18-32-66(57)90)53-21-17-22-54(45-53)74(93)85-40-43-87(50(2)47-85)68-59-25-9-8-24-58(59)67(76-77-68)83-35-15-16-36-83/h4-38,45,49-51H,39-44,46-48H2,1-3H3/t49-,50-,51-/m1/s1. The number of carbonyl (C=O) groups is 3. The largest absolute Gasteiger partial charge is 0.348 e. The third kappa shape index (κ3) is 10.2. The molecule has 19 heteroatoms. The van der Waals surface area contributed by atoms with Gasteiger partial charge in [-0.2, -0.15) is 5.10 Å². The van der Waals surface area contributed by atoms with Crippen molar-refractivity contribution < 1.29 is 14.4 Å². The third-order valence-corrected chi connectivity index (χ3v) is 19.0. The molecule has 3 fully saturated rings. The second kappa shape index (κ2) is 23.9. The Morgan fingerprint density at radius 1 is 0.362 bits per heavy atom. The number of nitrogens with zero attached hydrogens (tertiary/aromatic N) is 16. The van der Waals surface area contributed by atoms with Crippen molar-refractivity contribution >= 4 is 78.4 Å². The van der Waals surface area contributed by atoms with E-state index in [0.29, 0.717) is 92.9 Å². The summed E-state index contributed by atoms with van der Waals surface area (Å²) >= 11 is 0. The van der Waals surface area contributed by atoms with E-state index in [1.54, 1.807) is 4.68 Å². The summed E-state index contributed by atoms with van der Waals surface area (Å²) in [5.41, 5.74) is 6.16. The summed E-state index contributed by atoms with van der Waals surface area (Å²) in [6.07, 6.45) is 7.88. The molecule has 0 saturated carbocycles. The molecule has 94 heavy (non-hydrogen) atoms. The Bertz CT molecular complexity index is 5070. The van der Waals surface area contributed by atoms with E-state index in [-0.39, 0.29) is 35.8 Å². The smallest absolute Gasteiger partial charge is 0.254 e. The van der Waals surface area contributed by atoms with Crippen molar-refractivity contribution in [3.63, 3.8) is 0 Å². The first-order valence-electron chi connectivity index (χ1n) is 32.1. The molecule has 13 aromatic rings. The first kappa shape index (κ1) is 57.6. The minimum Gasteiger partial charge on any atom is -0.348 e. The molecule has 0 bridgehead atoms. The van der Waals surface area contributed by atoms with Crippen molar-refractivity contribution in [1.82, 2.24) is 64.2 Å². The summed E-state index contributed by atoms with van der Waals surface area (Å²) in [5, 5.41) is 40.9. The summed E-state index contributed by atoms with van der Waals surface area (Å²) in [5.74, 6) is 4.37. The Labute approximate surface area is 542 Å². The molecule has 19 nitrogen and oxygen atoms in total. The number of fused-ring (bicyclic) bond motifs is 4. The second-order valence-corrected chi connectivity index (χ2v) is 24.7.